The normalized spacial score (nSPS) is 15.8. The molecule has 4 N–H and O–H groups in total. The van der Waals surface area contributed by atoms with E-state index in [1.807, 2.05) is 42.5 Å². The standard InChI is InChI=1S/C29H38N4O5.ClH/c1-4-29(2,3)25(35)24(34)28(38)33-16-7-11-23(33)27(37)32-22(26(36)31-15-8-14-30)18-19-12-13-20-9-5-6-10-21(20)17-19;/h5-6,9-10,12-13,17,22-23H,4,7-8,11,14-16,18,30H2,1-3H3,(H,31,36)(H,32,37);1H/t22-,23+;/m1./s1. The summed E-state index contributed by atoms with van der Waals surface area (Å²) in [7, 11) is 0. The fourth-order valence-corrected chi connectivity index (χ4v) is 4.49. The molecular weight excluding hydrogens is 520 g/mol. The van der Waals surface area contributed by atoms with Crippen LogP contribution in [0.1, 0.15) is 52.0 Å². The lowest BCUT2D eigenvalue weighted by Crippen LogP contribution is -2.55. The third kappa shape index (κ3) is 7.86. The molecule has 212 valence electrons. The predicted molar refractivity (Wildman–Crippen MR) is 152 cm³/mol. The van der Waals surface area contributed by atoms with Crippen LogP contribution in [0.15, 0.2) is 42.5 Å². The van der Waals surface area contributed by atoms with Gasteiger partial charge in [-0.15, -0.1) is 12.4 Å². The molecule has 39 heavy (non-hydrogen) atoms. The van der Waals surface area contributed by atoms with E-state index in [9.17, 15) is 24.0 Å². The van der Waals surface area contributed by atoms with E-state index in [0.29, 0.717) is 38.8 Å². The number of nitrogens with two attached hydrogens (primary N) is 1. The molecule has 0 saturated carbocycles. The fourth-order valence-electron chi connectivity index (χ4n) is 4.49. The molecule has 0 bridgehead atoms. The van der Waals surface area contributed by atoms with Crippen LogP contribution in [0, 0.1) is 5.41 Å². The summed E-state index contributed by atoms with van der Waals surface area (Å²) in [5.41, 5.74) is 5.45. The third-order valence-electron chi connectivity index (χ3n) is 7.28. The Morgan fingerprint density at radius 3 is 2.44 bits per heavy atom. The second-order valence-electron chi connectivity index (χ2n) is 10.4. The first kappa shape index (κ1) is 31.9. The average Bonchev–Trinajstić information content (AvgIpc) is 3.41. The van der Waals surface area contributed by atoms with Gasteiger partial charge in [-0.2, -0.15) is 0 Å². The Kier molecular flexibility index (Phi) is 11.6. The van der Waals surface area contributed by atoms with Crippen LogP contribution in [0.4, 0.5) is 0 Å². The zero-order valence-electron chi connectivity index (χ0n) is 22.8. The van der Waals surface area contributed by atoms with Crippen LogP contribution in [0.25, 0.3) is 10.8 Å². The van der Waals surface area contributed by atoms with Gasteiger partial charge in [-0.3, -0.25) is 24.0 Å². The summed E-state index contributed by atoms with van der Waals surface area (Å²) >= 11 is 0. The highest BCUT2D eigenvalue weighted by Crippen LogP contribution is 2.24. The van der Waals surface area contributed by atoms with Crippen LogP contribution < -0.4 is 16.4 Å². The summed E-state index contributed by atoms with van der Waals surface area (Å²) in [6.45, 7) is 6.00. The number of hydrogen-bond acceptors (Lipinski definition) is 6. The van der Waals surface area contributed by atoms with Gasteiger partial charge in [0.1, 0.15) is 12.1 Å². The van der Waals surface area contributed by atoms with E-state index in [-0.39, 0.29) is 31.3 Å². The van der Waals surface area contributed by atoms with Crippen molar-refractivity contribution in [3.8, 4) is 0 Å². The molecule has 3 amide bonds. The van der Waals surface area contributed by atoms with Gasteiger partial charge in [-0.05, 0) is 48.6 Å². The molecule has 0 spiro atoms. The number of rotatable bonds is 12. The van der Waals surface area contributed by atoms with Crippen molar-refractivity contribution in [1.82, 2.24) is 15.5 Å². The summed E-state index contributed by atoms with van der Waals surface area (Å²) in [5.74, 6) is -3.71. The van der Waals surface area contributed by atoms with Crippen LogP contribution in [-0.2, 0) is 30.4 Å². The summed E-state index contributed by atoms with van der Waals surface area (Å²) in [6.07, 6.45) is 2.10. The molecule has 9 nitrogen and oxygen atoms in total. The number of amides is 3. The Morgan fingerprint density at radius 1 is 1.08 bits per heavy atom. The van der Waals surface area contributed by atoms with Gasteiger partial charge in [-0.25, -0.2) is 0 Å². The van der Waals surface area contributed by atoms with Gasteiger partial charge >= 0.3 is 0 Å². The Balaban J connectivity index is 0.00000533. The molecule has 0 unspecified atom stereocenters. The maximum absolute atomic E-state index is 13.4. The second kappa shape index (κ2) is 14.2. The largest absolute Gasteiger partial charge is 0.354 e. The summed E-state index contributed by atoms with van der Waals surface area (Å²) in [6, 6.07) is 11.9. The van der Waals surface area contributed by atoms with Crippen molar-refractivity contribution >= 4 is 52.5 Å². The molecule has 1 aliphatic rings. The molecule has 2 atom stereocenters. The molecule has 0 aromatic heterocycles. The van der Waals surface area contributed by atoms with Gasteiger partial charge in [0.2, 0.25) is 17.6 Å². The molecule has 2 aromatic carbocycles. The number of fused-ring (bicyclic) bond motifs is 1. The molecule has 1 saturated heterocycles. The first-order valence-electron chi connectivity index (χ1n) is 13.2. The Hall–Kier alpha value is -3.30. The zero-order valence-corrected chi connectivity index (χ0v) is 23.6. The minimum Gasteiger partial charge on any atom is -0.354 e. The van der Waals surface area contributed by atoms with Gasteiger partial charge in [0, 0.05) is 24.9 Å². The first-order chi connectivity index (χ1) is 18.1. The number of nitrogens with zero attached hydrogens (tertiary/aromatic N) is 1. The van der Waals surface area contributed by atoms with Gasteiger partial charge in [0.05, 0.1) is 0 Å². The van der Waals surface area contributed by atoms with Crippen molar-refractivity contribution in [3.05, 3.63) is 48.0 Å². The number of benzene rings is 2. The van der Waals surface area contributed by atoms with Crippen molar-refractivity contribution in [2.24, 2.45) is 11.1 Å². The maximum atomic E-state index is 13.4. The molecular formula is C29H39ClN4O5. The zero-order chi connectivity index (χ0) is 27.9. The molecule has 1 aliphatic heterocycles. The topological polar surface area (TPSA) is 139 Å². The predicted octanol–water partition coefficient (Wildman–Crippen LogP) is 2.32. The summed E-state index contributed by atoms with van der Waals surface area (Å²) < 4.78 is 0. The summed E-state index contributed by atoms with van der Waals surface area (Å²) in [4.78, 5) is 65.8. The van der Waals surface area contributed by atoms with Crippen molar-refractivity contribution in [2.45, 2.75) is 65.0 Å². The second-order valence-corrected chi connectivity index (χ2v) is 10.4. The van der Waals surface area contributed by atoms with E-state index in [1.54, 1.807) is 20.8 Å². The van der Waals surface area contributed by atoms with Crippen molar-refractivity contribution in [1.29, 1.82) is 0 Å². The number of carbonyl (C=O) groups excluding carboxylic acids is 5. The lowest BCUT2D eigenvalue weighted by molar-refractivity contribution is -0.153. The third-order valence-corrected chi connectivity index (χ3v) is 7.28. The van der Waals surface area contributed by atoms with Gasteiger partial charge in [0.25, 0.3) is 11.7 Å². The van der Waals surface area contributed by atoms with Crippen LogP contribution in [0.2, 0.25) is 0 Å². The number of ketones is 2. The average molecular weight is 559 g/mol. The number of halogens is 1. The van der Waals surface area contributed by atoms with E-state index in [1.165, 1.54) is 4.90 Å². The SMILES string of the molecule is CCC(C)(C)C(=O)C(=O)C(=O)N1CCC[C@H]1C(=O)N[C@H](Cc1ccc2ccccc2c1)C(=O)NCCCN.Cl. The molecule has 3 rings (SSSR count). The van der Waals surface area contributed by atoms with Crippen LogP contribution in [0.3, 0.4) is 0 Å². The minimum atomic E-state index is -1.11. The fraction of sp³-hybridized carbons (Fsp3) is 0.483. The number of Topliss-reactive ketones (excluding diaryl/α,β-unsaturated/α-hetero) is 2. The molecule has 0 aliphatic carbocycles. The van der Waals surface area contributed by atoms with Crippen LogP contribution in [-0.4, -0.2) is 65.9 Å². The molecule has 0 radical (unpaired) electrons. The van der Waals surface area contributed by atoms with E-state index >= 15 is 0 Å². The van der Waals surface area contributed by atoms with Crippen molar-refractivity contribution < 1.29 is 24.0 Å². The highest BCUT2D eigenvalue weighted by molar-refractivity contribution is 6.64. The van der Waals surface area contributed by atoms with E-state index < -0.39 is 40.9 Å². The first-order valence-corrected chi connectivity index (χ1v) is 13.2. The highest BCUT2D eigenvalue weighted by atomic mass is 35.5. The quantitative estimate of drug-likeness (QED) is 0.208. The van der Waals surface area contributed by atoms with Crippen LogP contribution >= 0.6 is 12.4 Å². The molecule has 1 fully saturated rings. The van der Waals surface area contributed by atoms with Crippen molar-refractivity contribution in [3.63, 3.8) is 0 Å². The Morgan fingerprint density at radius 2 is 1.77 bits per heavy atom. The minimum absolute atomic E-state index is 0. The molecule has 2 aromatic rings. The van der Waals surface area contributed by atoms with E-state index in [4.69, 9.17) is 5.73 Å². The monoisotopic (exact) mass is 558 g/mol. The van der Waals surface area contributed by atoms with E-state index in [2.05, 4.69) is 10.6 Å². The maximum Gasteiger partial charge on any atom is 0.298 e. The Bertz CT molecular complexity index is 1220. The molecule has 10 heteroatoms. The van der Waals surface area contributed by atoms with E-state index in [0.717, 1.165) is 16.3 Å². The van der Waals surface area contributed by atoms with Gasteiger partial charge in [0.15, 0.2) is 0 Å². The molecule has 1 heterocycles. The van der Waals surface area contributed by atoms with Gasteiger partial charge in [-0.1, -0.05) is 63.2 Å². The number of carbonyl (C=O) groups is 5. The van der Waals surface area contributed by atoms with Crippen molar-refractivity contribution in [2.75, 3.05) is 19.6 Å². The lowest BCUT2D eigenvalue weighted by atomic mass is 9.83. The van der Waals surface area contributed by atoms with Crippen LogP contribution in [0.5, 0.6) is 0 Å². The number of likely N-dealkylation sites (tertiary alicyclic amines) is 1. The summed E-state index contributed by atoms with van der Waals surface area (Å²) in [5, 5.41) is 7.70. The van der Waals surface area contributed by atoms with Gasteiger partial charge < -0.3 is 21.3 Å². The lowest BCUT2D eigenvalue weighted by Gasteiger charge is -2.27. The highest BCUT2D eigenvalue weighted by Gasteiger charge is 2.42. The number of nitrogens with one attached hydrogen (secondary N) is 2. The number of hydrogen-bond donors (Lipinski definition) is 3. The smallest absolute Gasteiger partial charge is 0.298 e. The Labute approximate surface area is 235 Å².